The van der Waals surface area contributed by atoms with Crippen molar-refractivity contribution in [1.29, 1.82) is 0 Å². The van der Waals surface area contributed by atoms with Gasteiger partial charge in [0.2, 0.25) is 11.9 Å². The van der Waals surface area contributed by atoms with Crippen LogP contribution >= 0.6 is 34.6 Å². The van der Waals surface area contributed by atoms with Gasteiger partial charge < -0.3 is 25.4 Å². The lowest BCUT2D eigenvalue weighted by Gasteiger charge is -2.49. The molecule has 14 nitrogen and oxygen atoms in total. The van der Waals surface area contributed by atoms with Gasteiger partial charge in [-0.3, -0.25) is 19.3 Å². The fourth-order valence-corrected chi connectivity index (χ4v) is 8.80. The van der Waals surface area contributed by atoms with Gasteiger partial charge in [-0.05, 0) is 44.0 Å². The van der Waals surface area contributed by atoms with Gasteiger partial charge in [-0.2, -0.15) is 0 Å². The second-order valence-electron chi connectivity index (χ2n) is 14.4. The Hall–Kier alpha value is -6.17. The van der Waals surface area contributed by atoms with Crippen LogP contribution in [0.2, 0.25) is 0 Å². The Morgan fingerprint density at radius 1 is 0.949 bits per heavy atom. The zero-order valence-electron chi connectivity index (χ0n) is 32.3. The highest BCUT2D eigenvalue weighted by Gasteiger charge is 2.54. The number of oxime groups is 1. The Morgan fingerprint density at radius 3 is 2.25 bits per heavy atom. The molecular formula is C42H39N7O7S3. The van der Waals surface area contributed by atoms with E-state index in [9.17, 15) is 19.2 Å². The molecule has 2 aliphatic heterocycles. The van der Waals surface area contributed by atoms with Gasteiger partial charge in [0.05, 0.1) is 16.8 Å². The number of hydrogen-bond donors (Lipinski definition) is 2. The summed E-state index contributed by atoms with van der Waals surface area (Å²) in [6.45, 7) is 6.46. The van der Waals surface area contributed by atoms with Gasteiger partial charge >= 0.3 is 11.9 Å². The molecule has 0 saturated carbocycles. The molecule has 1 fully saturated rings. The van der Waals surface area contributed by atoms with Crippen LogP contribution in [0, 0.1) is 5.41 Å². The summed E-state index contributed by atoms with van der Waals surface area (Å²) in [5.74, 6) is -2.39. The summed E-state index contributed by atoms with van der Waals surface area (Å²) in [5.41, 5.74) is 8.43. The lowest BCUT2D eigenvalue weighted by atomic mass is 9.78. The van der Waals surface area contributed by atoms with Gasteiger partial charge in [0.15, 0.2) is 5.13 Å². The molecule has 17 heteroatoms. The molecule has 3 atom stereocenters. The largest absolute Gasteiger partial charge is 0.425 e. The van der Waals surface area contributed by atoms with E-state index in [2.05, 4.69) is 25.0 Å². The minimum Gasteiger partial charge on any atom is -0.425 e. The zero-order valence-corrected chi connectivity index (χ0v) is 34.8. The molecule has 2 aliphatic rings. The molecule has 0 radical (unpaired) electrons. The molecule has 1 saturated heterocycles. The Kier molecular flexibility index (Phi) is 12.1. The molecule has 4 heterocycles. The topological polar surface area (TPSA) is 188 Å². The van der Waals surface area contributed by atoms with Crippen molar-refractivity contribution in [2.75, 3.05) is 11.5 Å². The monoisotopic (exact) mass is 849 g/mol. The van der Waals surface area contributed by atoms with Crippen LogP contribution in [-0.4, -0.2) is 72.9 Å². The van der Waals surface area contributed by atoms with Crippen molar-refractivity contribution in [1.82, 2.24) is 24.8 Å². The first-order valence-corrected chi connectivity index (χ1v) is 21.1. The Morgan fingerprint density at radius 2 is 1.63 bits per heavy atom. The number of rotatable bonds is 13. The van der Waals surface area contributed by atoms with Crippen LogP contribution in [0.25, 0.3) is 17.3 Å². The van der Waals surface area contributed by atoms with Crippen LogP contribution in [0.3, 0.4) is 0 Å². The molecule has 3 unspecified atom stereocenters. The third-order valence-electron chi connectivity index (χ3n) is 9.30. The normalized spacial score (nSPS) is 17.4. The summed E-state index contributed by atoms with van der Waals surface area (Å²) in [6.07, 6.45) is 3.08. The van der Waals surface area contributed by atoms with Gasteiger partial charge in [-0.1, -0.05) is 101 Å². The van der Waals surface area contributed by atoms with Crippen LogP contribution in [0.15, 0.2) is 118 Å². The summed E-state index contributed by atoms with van der Waals surface area (Å²) in [4.78, 5) is 66.0. The Balaban J connectivity index is 1.15. The lowest BCUT2D eigenvalue weighted by molar-refractivity contribution is -0.190. The van der Waals surface area contributed by atoms with Crippen molar-refractivity contribution in [2.45, 2.75) is 51.0 Å². The number of thioether (sulfide) groups is 1. The van der Waals surface area contributed by atoms with Crippen LogP contribution < -0.4 is 11.1 Å². The number of nitrogen functional groups attached to an aromatic ring is 1. The number of allylic oxidation sites excluding steroid dienone is 1. The number of anilines is 1. The van der Waals surface area contributed by atoms with E-state index in [1.165, 1.54) is 46.5 Å². The smallest absolute Gasteiger partial charge is 0.358 e. The molecular weight excluding hydrogens is 811 g/mol. The number of carbonyl (C=O) groups is 4. The predicted molar refractivity (Wildman–Crippen MR) is 226 cm³/mol. The van der Waals surface area contributed by atoms with Gasteiger partial charge in [0.25, 0.3) is 11.8 Å². The molecule has 3 N–H and O–H groups in total. The number of thiazole rings is 1. The summed E-state index contributed by atoms with van der Waals surface area (Å²) in [6, 6.07) is 25.6. The van der Waals surface area contributed by atoms with E-state index in [4.69, 9.17) is 20.0 Å². The average Bonchev–Trinajstić information content (AvgIpc) is 3.92. The van der Waals surface area contributed by atoms with Crippen LogP contribution in [-0.2, 0) is 39.1 Å². The summed E-state index contributed by atoms with van der Waals surface area (Å²) < 4.78 is 14.7. The number of ether oxygens (including phenoxy) is 2. The quantitative estimate of drug-likeness (QED) is 0.0333. The fourth-order valence-electron chi connectivity index (χ4n) is 6.50. The van der Waals surface area contributed by atoms with Crippen molar-refractivity contribution in [3.05, 3.63) is 135 Å². The third-order valence-corrected chi connectivity index (χ3v) is 11.8. The van der Waals surface area contributed by atoms with E-state index in [0.29, 0.717) is 27.7 Å². The third kappa shape index (κ3) is 8.67. The van der Waals surface area contributed by atoms with E-state index >= 15 is 0 Å². The van der Waals surface area contributed by atoms with E-state index in [-0.39, 0.29) is 11.4 Å². The standard InChI is InChI=1S/C42H39N7O7S3/c1-25(55-39(53)41(2,3)4)54-38(52)35-26(19-20-29-23-59-48-47-29)22-57-37-34(36(51)49(35)37)46-33(50)21-44-56-42(27-13-7-5-8-14-27,28-15-9-6-10-16-28)31-18-12-11-17-30(31)32-24-58-40(43)45-32/h5-21,23-25,34,37H,22H2,1-4H3,(H2,43,45)(H,46,50)/b20-19-,44-21-. The lowest BCUT2D eigenvalue weighted by Crippen LogP contribution is -2.70. The molecule has 0 bridgehead atoms. The molecule has 0 aliphatic carbocycles. The number of esters is 2. The van der Waals surface area contributed by atoms with Crippen LogP contribution in [0.5, 0.6) is 0 Å². The number of nitrogens with zero attached hydrogens (tertiary/aromatic N) is 5. The number of β-lactam (4-membered cyclic amide) rings is 1. The van der Waals surface area contributed by atoms with E-state index in [1.54, 1.807) is 38.3 Å². The second-order valence-corrected chi connectivity index (χ2v) is 17.0. The van der Waals surface area contributed by atoms with Gasteiger partial charge in [-0.25, -0.2) is 9.78 Å². The highest BCUT2D eigenvalue weighted by Crippen LogP contribution is 2.45. The van der Waals surface area contributed by atoms with Crippen molar-refractivity contribution in [3.8, 4) is 11.3 Å². The number of nitrogens with two attached hydrogens (primary N) is 1. The highest BCUT2D eigenvalue weighted by molar-refractivity contribution is 8.00. The predicted octanol–water partition coefficient (Wildman–Crippen LogP) is 6.38. The van der Waals surface area contributed by atoms with Crippen LogP contribution in [0.1, 0.15) is 50.1 Å². The van der Waals surface area contributed by atoms with Crippen molar-refractivity contribution < 1.29 is 33.5 Å². The Bertz CT molecular complexity index is 2390. The second kappa shape index (κ2) is 17.4. The van der Waals surface area contributed by atoms with Crippen LogP contribution in [0.4, 0.5) is 5.13 Å². The number of carbonyl (C=O) groups excluding carboxylic acids is 4. The molecule has 0 spiro atoms. The molecule has 2 aromatic heterocycles. The number of benzene rings is 3. The van der Waals surface area contributed by atoms with Gasteiger partial charge in [0, 0.05) is 45.7 Å². The number of nitrogens with one attached hydrogen (secondary N) is 1. The maximum atomic E-state index is 13.8. The van der Waals surface area contributed by atoms with Crippen molar-refractivity contribution >= 4 is 75.8 Å². The first kappa shape index (κ1) is 41.0. The summed E-state index contributed by atoms with van der Waals surface area (Å²) in [5, 5.41) is 14.4. The van der Waals surface area contributed by atoms with E-state index in [0.717, 1.165) is 22.9 Å². The molecule has 2 amide bonds. The maximum Gasteiger partial charge on any atom is 0.358 e. The van der Waals surface area contributed by atoms with E-state index in [1.807, 2.05) is 90.3 Å². The van der Waals surface area contributed by atoms with Gasteiger partial charge in [-0.15, -0.1) is 28.2 Å². The number of amides is 2. The minimum absolute atomic E-state index is 0.0321. The van der Waals surface area contributed by atoms with Gasteiger partial charge in [0.1, 0.15) is 23.3 Å². The fraction of sp³-hybridized carbons (Fsp3) is 0.238. The van der Waals surface area contributed by atoms with E-state index < -0.39 is 52.5 Å². The number of aromatic nitrogens is 3. The van der Waals surface area contributed by atoms with Crippen molar-refractivity contribution in [3.63, 3.8) is 0 Å². The minimum atomic E-state index is -1.37. The molecule has 7 rings (SSSR count). The first-order chi connectivity index (χ1) is 28.4. The SMILES string of the molecule is CC(OC(=O)C1=C(/C=C\c2csnn2)CSC2C(NC(=O)/C=N\OC(c3ccccc3)(c3ccccc3)c3ccccc3-c3csc(N)n3)C(=O)N12)OC(=O)C(C)(C)C. The molecule has 59 heavy (non-hydrogen) atoms. The Labute approximate surface area is 352 Å². The zero-order chi connectivity index (χ0) is 41.7. The first-order valence-electron chi connectivity index (χ1n) is 18.4. The molecule has 5 aromatic rings. The number of hydrogen-bond acceptors (Lipinski definition) is 15. The molecule has 302 valence electrons. The maximum absolute atomic E-state index is 13.8. The number of fused-ring (bicyclic) bond motifs is 1. The summed E-state index contributed by atoms with van der Waals surface area (Å²) >= 11 is 3.84. The van der Waals surface area contributed by atoms with Crippen molar-refractivity contribution in [2.24, 2.45) is 10.6 Å². The average molecular weight is 850 g/mol. The highest BCUT2D eigenvalue weighted by atomic mass is 32.2. The molecule has 3 aromatic carbocycles. The summed E-state index contributed by atoms with van der Waals surface area (Å²) in [7, 11) is 0.